The SMILES string of the molecule is CC1CCC(C(C)(C)Cc2cnccc2N)C(=O)C1. The number of hydrogen-bond acceptors (Lipinski definition) is 3. The van der Waals surface area contributed by atoms with Gasteiger partial charge in [-0.3, -0.25) is 9.78 Å². The second kappa shape index (κ2) is 5.32. The lowest BCUT2D eigenvalue weighted by Gasteiger charge is -2.37. The first kappa shape index (κ1) is 14.0. The minimum absolute atomic E-state index is 0.0472. The molecule has 1 aromatic heterocycles. The largest absolute Gasteiger partial charge is 0.398 e. The summed E-state index contributed by atoms with van der Waals surface area (Å²) in [4.78, 5) is 16.4. The van der Waals surface area contributed by atoms with E-state index in [1.807, 2.05) is 12.3 Å². The van der Waals surface area contributed by atoms with Crippen LogP contribution in [0.3, 0.4) is 0 Å². The Bertz CT molecular complexity index is 468. The molecule has 3 nitrogen and oxygen atoms in total. The molecule has 1 heterocycles. The summed E-state index contributed by atoms with van der Waals surface area (Å²) in [5.41, 5.74) is 7.77. The van der Waals surface area contributed by atoms with Crippen molar-refractivity contribution < 1.29 is 4.79 Å². The lowest BCUT2D eigenvalue weighted by molar-refractivity contribution is -0.129. The van der Waals surface area contributed by atoms with Gasteiger partial charge in [0.15, 0.2) is 0 Å². The van der Waals surface area contributed by atoms with Crippen LogP contribution < -0.4 is 5.73 Å². The van der Waals surface area contributed by atoms with Gasteiger partial charge in [0, 0.05) is 30.4 Å². The Balaban J connectivity index is 2.14. The molecule has 2 N–H and O–H groups in total. The summed E-state index contributed by atoms with van der Waals surface area (Å²) in [7, 11) is 0. The molecule has 19 heavy (non-hydrogen) atoms. The predicted octanol–water partition coefficient (Wildman–Crippen LogP) is 3.24. The summed E-state index contributed by atoms with van der Waals surface area (Å²) in [6.45, 7) is 6.52. The molecular formula is C16H24N2O. The van der Waals surface area contributed by atoms with Crippen LogP contribution in [-0.4, -0.2) is 10.8 Å². The number of anilines is 1. The summed E-state index contributed by atoms with van der Waals surface area (Å²) < 4.78 is 0. The second-order valence-electron chi connectivity index (χ2n) is 6.65. The molecule has 0 aliphatic heterocycles. The van der Waals surface area contributed by atoms with Gasteiger partial charge in [-0.2, -0.15) is 0 Å². The zero-order valence-corrected chi connectivity index (χ0v) is 12.1. The third-order valence-corrected chi connectivity index (χ3v) is 4.42. The van der Waals surface area contributed by atoms with Crippen molar-refractivity contribution >= 4 is 11.5 Å². The molecule has 2 rings (SSSR count). The van der Waals surface area contributed by atoms with Crippen LogP contribution in [0.5, 0.6) is 0 Å². The first-order valence-corrected chi connectivity index (χ1v) is 7.11. The van der Waals surface area contributed by atoms with Gasteiger partial charge in [-0.05, 0) is 42.2 Å². The summed E-state index contributed by atoms with van der Waals surface area (Å²) in [5, 5.41) is 0. The van der Waals surface area contributed by atoms with E-state index < -0.39 is 0 Å². The first-order chi connectivity index (χ1) is 8.90. The molecular weight excluding hydrogens is 236 g/mol. The van der Waals surface area contributed by atoms with Crippen molar-refractivity contribution in [2.45, 2.75) is 46.5 Å². The average molecular weight is 260 g/mol. The van der Waals surface area contributed by atoms with E-state index in [9.17, 15) is 4.79 Å². The van der Waals surface area contributed by atoms with Gasteiger partial charge in [-0.15, -0.1) is 0 Å². The van der Waals surface area contributed by atoms with Crippen molar-refractivity contribution in [3.63, 3.8) is 0 Å². The molecule has 0 aromatic carbocycles. The monoisotopic (exact) mass is 260 g/mol. The van der Waals surface area contributed by atoms with Gasteiger partial charge in [0.25, 0.3) is 0 Å². The number of nitrogens with two attached hydrogens (primary N) is 1. The Morgan fingerprint density at radius 1 is 1.42 bits per heavy atom. The maximum Gasteiger partial charge on any atom is 0.136 e. The Labute approximate surface area is 115 Å². The molecule has 0 saturated heterocycles. The van der Waals surface area contributed by atoms with Crippen LogP contribution in [0.15, 0.2) is 18.5 Å². The third kappa shape index (κ3) is 3.14. The van der Waals surface area contributed by atoms with Crippen LogP contribution >= 0.6 is 0 Å². The van der Waals surface area contributed by atoms with E-state index in [1.165, 1.54) is 0 Å². The van der Waals surface area contributed by atoms with Crippen molar-refractivity contribution in [1.82, 2.24) is 4.98 Å². The van der Waals surface area contributed by atoms with Crippen LogP contribution in [0.2, 0.25) is 0 Å². The molecule has 1 aromatic rings. The molecule has 104 valence electrons. The average Bonchev–Trinajstić information content (AvgIpc) is 2.31. The predicted molar refractivity (Wildman–Crippen MR) is 77.6 cm³/mol. The first-order valence-electron chi connectivity index (χ1n) is 7.11. The Morgan fingerprint density at radius 3 is 2.79 bits per heavy atom. The van der Waals surface area contributed by atoms with E-state index >= 15 is 0 Å². The van der Waals surface area contributed by atoms with E-state index in [4.69, 9.17) is 5.73 Å². The van der Waals surface area contributed by atoms with Crippen LogP contribution in [-0.2, 0) is 11.2 Å². The summed E-state index contributed by atoms with van der Waals surface area (Å²) in [6.07, 6.45) is 7.25. The molecule has 2 atom stereocenters. The lowest BCUT2D eigenvalue weighted by atomic mass is 9.66. The van der Waals surface area contributed by atoms with Crippen LogP contribution in [0, 0.1) is 17.3 Å². The molecule has 0 radical (unpaired) electrons. The number of hydrogen-bond donors (Lipinski definition) is 1. The molecule has 3 heteroatoms. The van der Waals surface area contributed by atoms with Gasteiger partial charge in [0.05, 0.1) is 0 Å². The van der Waals surface area contributed by atoms with Gasteiger partial charge < -0.3 is 5.73 Å². The highest BCUT2D eigenvalue weighted by Crippen LogP contribution is 2.40. The number of ketones is 1. The zero-order valence-electron chi connectivity index (χ0n) is 12.1. The quantitative estimate of drug-likeness (QED) is 0.907. The lowest BCUT2D eigenvalue weighted by Crippen LogP contribution is -2.37. The van der Waals surface area contributed by atoms with Crippen LogP contribution in [0.1, 0.15) is 45.6 Å². The minimum Gasteiger partial charge on any atom is -0.398 e. The van der Waals surface area contributed by atoms with Crippen molar-refractivity contribution in [1.29, 1.82) is 0 Å². The van der Waals surface area contributed by atoms with Crippen molar-refractivity contribution in [3.8, 4) is 0 Å². The number of nitrogen functional groups attached to an aromatic ring is 1. The van der Waals surface area contributed by atoms with Gasteiger partial charge in [-0.1, -0.05) is 20.8 Å². The van der Waals surface area contributed by atoms with Crippen LogP contribution in [0.4, 0.5) is 5.69 Å². The van der Waals surface area contributed by atoms with E-state index in [-0.39, 0.29) is 11.3 Å². The molecule has 2 unspecified atom stereocenters. The standard InChI is InChI=1S/C16H24N2O/c1-11-4-5-13(15(19)8-11)16(2,3)9-12-10-18-7-6-14(12)17/h6-7,10-11,13H,4-5,8-9H2,1-3H3,(H2,17,18). The van der Waals surface area contributed by atoms with Gasteiger partial charge >= 0.3 is 0 Å². The Morgan fingerprint density at radius 2 is 2.16 bits per heavy atom. The highest BCUT2D eigenvalue weighted by molar-refractivity contribution is 5.82. The molecule has 0 spiro atoms. The highest BCUT2D eigenvalue weighted by Gasteiger charge is 2.38. The molecule has 1 aliphatic carbocycles. The smallest absolute Gasteiger partial charge is 0.136 e. The molecule has 0 bridgehead atoms. The fraction of sp³-hybridized carbons (Fsp3) is 0.625. The van der Waals surface area contributed by atoms with E-state index in [0.717, 1.165) is 36.9 Å². The van der Waals surface area contributed by atoms with E-state index in [0.29, 0.717) is 11.7 Å². The number of rotatable bonds is 3. The van der Waals surface area contributed by atoms with Gasteiger partial charge in [0.1, 0.15) is 5.78 Å². The fourth-order valence-corrected chi connectivity index (χ4v) is 3.23. The van der Waals surface area contributed by atoms with Crippen LogP contribution in [0.25, 0.3) is 0 Å². The second-order valence-corrected chi connectivity index (χ2v) is 6.65. The number of Topliss-reactive ketones (excluding diaryl/α,β-unsaturated/α-hetero) is 1. The van der Waals surface area contributed by atoms with Crippen molar-refractivity contribution in [2.24, 2.45) is 17.3 Å². The number of nitrogens with zero attached hydrogens (tertiary/aromatic N) is 1. The zero-order chi connectivity index (χ0) is 14.0. The number of carbonyl (C=O) groups is 1. The number of aromatic nitrogens is 1. The summed E-state index contributed by atoms with van der Waals surface area (Å²) >= 11 is 0. The number of pyridine rings is 1. The normalized spacial score (nSPS) is 24.5. The summed E-state index contributed by atoms with van der Waals surface area (Å²) in [6, 6.07) is 1.83. The maximum atomic E-state index is 12.3. The van der Waals surface area contributed by atoms with Gasteiger partial charge in [-0.25, -0.2) is 0 Å². The minimum atomic E-state index is -0.0472. The fourth-order valence-electron chi connectivity index (χ4n) is 3.23. The van der Waals surface area contributed by atoms with Crippen molar-refractivity contribution in [3.05, 3.63) is 24.0 Å². The topological polar surface area (TPSA) is 56.0 Å². The van der Waals surface area contributed by atoms with E-state index in [2.05, 4.69) is 25.8 Å². The highest BCUT2D eigenvalue weighted by atomic mass is 16.1. The molecule has 0 amide bonds. The van der Waals surface area contributed by atoms with E-state index in [1.54, 1.807) is 6.20 Å². The third-order valence-electron chi connectivity index (χ3n) is 4.42. The molecule has 1 saturated carbocycles. The summed E-state index contributed by atoms with van der Waals surface area (Å²) in [5.74, 6) is 1.12. The Kier molecular flexibility index (Phi) is 3.93. The van der Waals surface area contributed by atoms with Crippen molar-refractivity contribution in [2.75, 3.05) is 5.73 Å². The maximum absolute atomic E-state index is 12.3. The number of carbonyl (C=O) groups excluding carboxylic acids is 1. The Hall–Kier alpha value is -1.38. The van der Waals surface area contributed by atoms with Gasteiger partial charge in [0.2, 0.25) is 0 Å². The molecule has 1 fully saturated rings. The molecule has 1 aliphatic rings.